The number of nitrogens with one attached hydrogen (secondary N) is 1. The minimum absolute atomic E-state index is 0.323. The summed E-state index contributed by atoms with van der Waals surface area (Å²) in [5.74, 6) is -1.54. The molecule has 1 N–H and O–H groups in total. The van der Waals surface area contributed by atoms with Crippen LogP contribution in [0.1, 0.15) is 33.1 Å². The lowest BCUT2D eigenvalue weighted by Crippen LogP contribution is -2.43. The van der Waals surface area contributed by atoms with Gasteiger partial charge in [-0.15, -0.1) is 11.8 Å². The van der Waals surface area contributed by atoms with Gasteiger partial charge in [0.15, 0.2) is 11.6 Å². The van der Waals surface area contributed by atoms with E-state index in [1.807, 2.05) is 7.05 Å². The van der Waals surface area contributed by atoms with E-state index in [9.17, 15) is 8.78 Å². The lowest BCUT2D eigenvalue weighted by molar-refractivity contribution is 0.218. The molecule has 0 amide bonds. The van der Waals surface area contributed by atoms with Crippen molar-refractivity contribution in [1.82, 2.24) is 5.32 Å². The Morgan fingerprint density at radius 3 is 2.63 bits per heavy atom. The van der Waals surface area contributed by atoms with Crippen LogP contribution in [-0.4, -0.2) is 18.3 Å². The number of hydrogen-bond acceptors (Lipinski definition) is 2. The fourth-order valence-electron chi connectivity index (χ4n) is 2.70. The first-order chi connectivity index (χ1) is 8.91. The molecule has 1 fully saturated rings. The number of benzene rings is 1. The fraction of sp³-hybridized carbons (Fsp3) is 0.600. The van der Waals surface area contributed by atoms with Crippen LogP contribution < -0.4 is 5.32 Å². The van der Waals surface area contributed by atoms with Crippen molar-refractivity contribution in [3.8, 4) is 0 Å². The van der Waals surface area contributed by atoms with E-state index in [4.69, 9.17) is 0 Å². The second-order valence-corrected chi connectivity index (χ2v) is 7.35. The van der Waals surface area contributed by atoms with E-state index in [1.165, 1.54) is 18.6 Å². The molecule has 0 heterocycles. The van der Waals surface area contributed by atoms with Crippen molar-refractivity contribution in [2.45, 2.75) is 49.3 Å². The maximum atomic E-state index is 13.3. The molecule has 106 valence electrons. The molecule has 0 spiro atoms. The van der Waals surface area contributed by atoms with Crippen LogP contribution in [0.2, 0.25) is 0 Å². The van der Waals surface area contributed by atoms with Crippen LogP contribution >= 0.6 is 11.8 Å². The first-order valence-electron chi connectivity index (χ1n) is 6.70. The summed E-state index contributed by atoms with van der Waals surface area (Å²) in [6.07, 6.45) is 3.42. The summed E-state index contributed by atoms with van der Waals surface area (Å²) in [7, 11) is 1.97. The molecule has 0 radical (unpaired) electrons. The molecule has 2 unspecified atom stereocenters. The number of hydrogen-bond donors (Lipinski definition) is 1. The van der Waals surface area contributed by atoms with E-state index < -0.39 is 11.6 Å². The van der Waals surface area contributed by atoms with Crippen molar-refractivity contribution in [2.24, 2.45) is 5.41 Å². The summed E-state index contributed by atoms with van der Waals surface area (Å²) >= 11 is 1.65. The molecule has 1 aliphatic carbocycles. The first-order valence-corrected chi connectivity index (χ1v) is 7.58. The van der Waals surface area contributed by atoms with Gasteiger partial charge in [-0.05, 0) is 49.9 Å². The van der Waals surface area contributed by atoms with Crippen molar-refractivity contribution in [1.29, 1.82) is 0 Å². The van der Waals surface area contributed by atoms with Crippen molar-refractivity contribution in [3.05, 3.63) is 29.8 Å². The second kappa shape index (κ2) is 5.80. The molecular weight excluding hydrogens is 264 g/mol. The van der Waals surface area contributed by atoms with Gasteiger partial charge in [-0.1, -0.05) is 13.8 Å². The number of rotatable bonds is 3. The van der Waals surface area contributed by atoms with Crippen molar-refractivity contribution in [2.75, 3.05) is 7.05 Å². The Balaban J connectivity index is 2.12. The van der Waals surface area contributed by atoms with Crippen LogP contribution in [0.5, 0.6) is 0 Å². The van der Waals surface area contributed by atoms with E-state index >= 15 is 0 Å². The van der Waals surface area contributed by atoms with Crippen LogP contribution in [0.25, 0.3) is 0 Å². The SMILES string of the molecule is CNC1CCC(C)(C)CC1Sc1ccc(F)c(F)c1. The van der Waals surface area contributed by atoms with Gasteiger partial charge in [-0.2, -0.15) is 0 Å². The zero-order valence-electron chi connectivity index (χ0n) is 11.7. The van der Waals surface area contributed by atoms with E-state index in [0.29, 0.717) is 16.7 Å². The van der Waals surface area contributed by atoms with Gasteiger partial charge in [0.25, 0.3) is 0 Å². The zero-order chi connectivity index (χ0) is 14.0. The average Bonchev–Trinajstić information content (AvgIpc) is 2.33. The van der Waals surface area contributed by atoms with Crippen molar-refractivity contribution < 1.29 is 8.78 Å². The van der Waals surface area contributed by atoms with Gasteiger partial charge < -0.3 is 5.32 Å². The summed E-state index contributed by atoms with van der Waals surface area (Å²) in [5, 5.41) is 3.75. The van der Waals surface area contributed by atoms with Crippen LogP contribution in [0.15, 0.2) is 23.1 Å². The van der Waals surface area contributed by atoms with Crippen LogP contribution in [-0.2, 0) is 0 Å². The second-order valence-electron chi connectivity index (χ2n) is 6.03. The highest BCUT2D eigenvalue weighted by atomic mass is 32.2. The average molecular weight is 285 g/mol. The molecular formula is C15H21F2NS. The molecule has 1 saturated carbocycles. The molecule has 0 saturated heterocycles. The minimum atomic E-state index is -0.779. The third kappa shape index (κ3) is 3.69. The molecule has 1 aromatic carbocycles. The Bertz CT molecular complexity index is 448. The molecule has 2 rings (SSSR count). The Hall–Kier alpha value is -0.610. The van der Waals surface area contributed by atoms with Gasteiger partial charge in [0, 0.05) is 16.2 Å². The van der Waals surface area contributed by atoms with Crippen molar-refractivity contribution in [3.63, 3.8) is 0 Å². The lowest BCUT2D eigenvalue weighted by atomic mass is 9.75. The third-order valence-corrected chi connectivity index (χ3v) is 5.21. The molecule has 0 bridgehead atoms. The quantitative estimate of drug-likeness (QED) is 0.892. The van der Waals surface area contributed by atoms with Gasteiger partial charge in [-0.3, -0.25) is 0 Å². The Labute approximate surface area is 118 Å². The van der Waals surface area contributed by atoms with E-state index in [2.05, 4.69) is 19.2 Å². The van der Waals surface area contributed by atoms with Crippen LogP contribution in [0.4, 0.5) is 8.78 Å². The molecule has 1 aromatic rings. The highest BCUT2D eigenvalue weighted by Gasteiger charge is 2.34. The van der Waals surface area contributed by atoms with Crippen molar-refractivity contribution >= 4 is 11.8 Å². The van der Waals surface area contributed by atoms with E-state index in [0.717, 1.165) is 17.7 Å². The van der Waals surface area contributed by atoms with Gasteiger partial charge in [0.05, 0.1) is 0 Å². The summed E-state index contributed by atoms with van der Waals surface area (Å²) in [6.45, 7) is 4.55. The Morgan fingerprint density at radius 2 is 2.00 bits per heavy atom. The number of thioether (sulfide) groups is 1. The van der Waals surface area contributed by atoms with Gasteiger partial charge in [0.2, 0.25) is 0 Å². The topological polar surface area (TPSA) is 12.0 Å². The van der Waals surface area contributed by atoms with Gasteiger partial charge in [0.1, 0.15) is 0 Å². The number of halogens is 2. The molecule has 19 heavy (non-hydrogen) atoms. The molecule has 0 aromatic heterocycles. The summed E-state index contributed by atoms with van der Waals surface area (Å²) in [5.41, 5.74) is 0.323. The Kier molecular flexibility index (Phi) is 4.51. The smallest absolute Gasteiger partial charge is 0.159 e. The third-order valence-electron chi connectivity index (χ3n) is 3.88. The maximum absolute atomic E-state index is 13.3. The largest absolute Gasteiger partial charge is 0.316 e. The molecule has 4 heteroatoms. The normalized spacial score (nSPS) is 26.4. The molecule has 0 aliphatic heterocycles. The van der Waals surface area contributed by atoms with E-state index in [-0.39, 0.29) is 0 Å². The molecule has 1 aliphatic rings. The summed E-state index contributed by atoms with van der Waals surface area (Å²) in [4.78, 5) is 0.807. The fourth-order valence-corrected chi connectivity index (χ4v) is 4.34. The predicted octanol–water partition coefficient (Wildman–Crippen LogP) is 4.22. The zero-order valence-corrected chi connectivity index (χ0v) is 12.5. The highest BCUT2D eigenvalue weighted by Crippen LogP contribution is 2.42. The maximum Gasteiger partial charge on any atom is 0.159 e. The van der Waals surface area contributed by atoms with Crippen LogP contribution in [0, 0.1) is 17.0 Å². The van der Waals surface area contributed by atoms with E-state index in [1.54, 1.807) is 17.8 Å². The minimum Gasteiger partial charge on any atom is -0.316 e. The van der Waals surface area contributed by atoms with Gasteiger partial charge >= 0.3 is 0 Å². The summed E-state index contributed by atoms with van der Waals surface area (Å²) in [6, 6.07) is 4.61. The lowest BCUT2D eigenvalue weighted by Gasteiger charge is -2.40. The predicted molar refractivity (Wildman–Crippen MR) is 76.5 cm³/mol. The monoisotopic (exact) mass is 285 g/mol. The highest BCUT2D eigenvalue weighted by molar-refractivity contribution is 8.00. The standard InChI is InChI=1S/C15H21F2NS/c1-15(2)7-6-13(18-3)14(9-15)19-10-4-5-11(16)12(17)8-10/h4-5,8,13-14,18H,6-7,9H2,1-3H3. The summed E-state index contributed by atoms with van der Waals surface area (Å²) < 4.78 is 26.2. The first kappa shape index (κ1) is 14.8. The molecule has 2 atom stereocenters. The van der Waals surface area contributed by atoms with Crippen LogP contribution in [0.3, 0.4) is 0 Å². The molecule has 1 nitrogen and oxygen atoms in total. The Morgan fingerprint density at radius 1 is 1.26 bits per heavy atom. The van der Waals surface area contributed by atoms with Gasteiger partial charge in [-0.25, -0.2) is 8.78 Å².